The molecule has 4 rings (SSSR count). The van der Waals surface area contributed by atoms with Crippen LogP contribution in [0, 0.1) is 0 Å². The highest BCUT2D eigenvalue weighted by molar-refractivity contribution is 6.33. The van der Waals surface area contributed by atoms with Crippen LogP contribution >= 0.6 is 11.6 Å². The van der Waals surface area contributed by atoms with E-state index in [1.807, 2.05) is 6.07 Å². The third-order valence-corrected chi connectivity index (χ3v) is 3.94. The summed E-state index contributed by atoms with van der Waals surface area (Å²) in [6.45, 7) is -0.120. The lowest BCUT2D eigenvalue weighted by atomic mass is 10.2. The molecule has 0 spiro atoms. The molecule has 0 aliphatic rings. The van der Waals surface area contributed by atoms with Crippen LogP contribution < -0.4 is 0 Å². The number of hydrogen-bond acceptors (Lipinski definition) is 7. The van der Waals surface area contributed by atoms with Crippen molar-refractivity contribution in [3.05, 3.63) is 71.3 Å². The van der Waals surface area contributed by atoms with Gasteiger partial charge in [-0.05, 0) is 30.3 Å². The highest BCUT2D eigenvalue weighted by Gasteiger charge is 2.14. The maximum absolute atomic E-state index is 12.2. The second kappa shape index (κ2) is 6.89. The van der Waals surface area contributed by atoms with Crippen molar-refractivity contribution in [3.63, 3.8) is 0 Å². The number of nitrogens with zero attached hydrogens (tertiary/aromatic N) is 4. The molecule has 0 saturated carbocycles. The van der Waals surface area contributed by atoms with E-state index < -0.39 is 5.97 Å². The van der Waals surface area contributed by atoms with Crippen LogP contribution in [0.4, 0.5) is 0 Å². The fraction of sp³-hybridized carbons (Fsp3) is 0.0556. The minimum atomic E-state index is -0.512. The highest BCUT2D eigenvalue weighted by atomic mass is 35.5. The fourth-order valence-electron chi connectivity index (χ4n) is 2.36. The van der Waals surface area contributed by atoms with Gasteiger partial charge < -0.3 is 9.26 Å². The molecular formula is C18H11ClN4O3. The average molecular weight is 367 g/mol. The Labute approximate surface area is 152 Å². The van der Waals surface area contributed by atoms with E-state index in [9.17, 15) is 4.79 Å². The molecule has 0 amide bonds. The molecule has 0 saturated heterocycles. The van der Waals surface area contributed by atoms with Gasteiger partial charge in [-0.3, -0.25) is 9.97 Å². The van der Waals surface area contributed by atoms with Crippen LogP contribution in [0.2, 0.25) is 5.02 Å². The number of hydrogen-bond donors (Lipinski definition) is 0. The molecule has 0 aliphatic carbocycles. The first-order valence-corrected chi connectivity index (χ1v) is 8.04. The smallest absolute Gasteiger partial charge is 0.338 e. The van der Waals surface area contributed by atoms with Crippen molar-refractivity contribution < 1.29 is 14.1 Å². The maximum atomic E-state index is 12.2. The number of ether oxygens (including phenoxy) is 1. The summed E-state index contributed by atoms with van der Waals surface area (Å²) in [7, 11) is 0. The van der Waals surface area contributed by atoms with Gasteiger partial charge in [0.1, 0.15) is 0 Å². The summed E-state index contributed by atoms with van der Waals surface area (Å²) in [6.07, 6.45) is 3.15. The lowest BCUT2D eigenvalue weighted by molar-refractivity contribution is 0.0460. The normalized spacial score (nSPS) is 10.8. The number of carbonyl (C=O) groups excluding carboxylic acids is 1. The van der Waals surface area contributed by atoms with Crippen LogP contribution in [0.5, 0.6) is 0 Å². The van der Waals surface area contributed by atoms with Gasteiger partial charge >= 0.3 is 5.97 Å². The number of fused-ring (bicyclic) bond motifs is 1. The number of esters is 1. The van der Waals surface area contributed by atoms with Crippen molar-refractivity contribution >= 4 is 28.6 Å². The lowest BCUT2D eigenvalue weighted by Crippen LogP contribution is -2.06. The number of aromatic nitrogens is 4. The van der Waals surface area contributed by atoms with Crippen LogP contribution in [-0.4, -0.2) is 26.1 Å². The predicted molar refractivity (Wildman–Crippen MR) is 93.4 cm³/mol. The zero-order chi connectivity index (χ0) is 17.9. The first kappa shape index (κ1) is 16.2. The summed E-state index contributed by atoms with van der Waals surface area (Å²) >= 11 is 6.10. The van der Waals surface area contributed by atoms with Crippen molar-refractivity contribution in [2.45, 2.75) is 6.61 Å². The number of carbonyl (C=O) groups is 1. The Hall–Kier alpha value is -3.32. The van der Waals surface area contributed by atoms with Crippen molar-refractivity contribution in [1.82, 2.24) is 20.1 Å². The SMILES string of the molecule is O=C(OCc1noc(-c2ccccc2Cl)n1)c1ccc2nccnc2c1. The largest absolute Gasteiger partial charge is 0.454 e. The molecule has 2 aromatic carbocycles. The Bertz CT molecular complexity index is 1100. The third kappa shape index (κ3) is 3.25. The van der Waals surface area contributed by atoms with E-state index in [1.165, 1.54) is 0 Å². The number of rotatable bonds is 4. The molecule has 7 nitrogen and oxygen atoms in total. The van der Waals surface area contributed by atoms with Gasteiger partial charge in [0, 0.05) is 12.4 Å². The topological polar surface area (TPSA) is 91.0 Å². The molecule has 128 valence electrons. The Balaban J connectivity index is 1.47. The molecule has 8 heteroatoms. The lowest BCUT2D eigenvalue weighted by Gasteiger charge is -2.03. The summed E-state index contributed by atoms with van der Waals surface area (Å²) < 4.78 is 10.4. The van der Waals surface area contributed by atoms with Crippen molar-refractivity contribution in [3.8, 4) is 11.5 Å². The van der Waals surface area contributed by atoms with Gasteiger partial charge in [-0.25, -0.2) is 4.79 Å². The number of halogens is 1. The summed E-state index contributed by atoms with van der Waals surface area (Å²) in [5.41, 5.74) is 2.30. The molecular weight excluding hydrogens is 356 g/mol. The molecule has 0 unspecified atom stereocenters. The van der Waals surface area contributed by atoms with E-state index >= 15 is 0 Å². The Morgan fingerprint density at radius 3 is 2.73 bits per heavy atom. The fourth-order valence-corrected chi connectivity index (χ4v) is 2.58. The standard InChI is InChI=1S/C18H11ClN4O3/c19-13-4-2-1-3-12(13)17-22-16(23-26-17)10-25-18(24)11-5-6-14-15(9-11)21-8-7-20-14/h1-9H,10H2. The van der Waals surface area contributed by atoms with Crippen LogP contribution in [0.1, 0.15) is 16.2 Å². The highest BCUT2D eigenvalue weighted by Crippen LogP contribution is 2.25. The van der Waals surface area contributed by atoms with Gasteiger partial charge in [-0.15, -0.1) is 0 Å². The minimum absolute atomic E-state index is 0.120. The molecule has 0 fully saturated rings. The Morgan fingerprint density at radius 2 is 1.88 bits per heavy atom. The van der Waals surface area contributed by atoms with E-state index in [1.54, 1.807) is 48.8 Å². The first-order chi connectivity index (χ1) is 12.7. The van der Waals surface area contributed by atoms with Crippen LogP contribution in [0.25, 0.3) is 22.5 Å². The van der Waals surface area contributed by atoms with Crippen LogP contribution in [0.3, 0.4) is 0 Å². The van der Waals surface area contributed by atoms with Gasteiger partial charge in [-0.1, -0.05) is 28.9 Å². The summed E-state index contributed by atoms with van der Waals surface area (Å²) in [4.78, 5) is 24.7. The third-order valence-electron chi connectivity index (χ3n) is 3.61. The van der Waals surface area contributed by atoms with E-state index in [-0.39, 0.29) is 18.3 Å². The first-order valence-electron chi connectivity index (χ1n) is 7.66. The van der Waals surface area contributed by atoms with E-state index in [2.05, 4.69) is 20.1 Å². The monoisotopic (exact) mass is 366 g/mol. The van der Waals surface area contributed by atoms with Gasteiger partial charge in [0.25, 0.3) is 5.89 Å². The summed E-state index contributed by atoms with van der Waals surface area (Å²) in [5.74, 6) is -0.00174. The molecule has 0 radical (unpaired) electrons. The van der Waals surface area contributed by atoms with E-state index in [0.717, 1.165) is 0 Å². The summed E-state index contributed by atoms with van der Waals surface area (Å²) in [5, 5.41) is 4.30. The molecule has 4 aromatic rings. The maximum Gasteiger partial charge on any atom is 0.338 e. The molecule has 0 aliphatic heterocycles. The molecule has 0 atom stereocenters. The zero-order valence-corrected chi connectivity index (χ0v) is 14.1. The van der Waals surface area contributed by atoms with Gasteiger partial charge in [0.2, 0.25) is 5.82 Å². The molecule has 2 heterocycles. The average Bonchev–Trinajstić information content (AvgIpc) is 3.15. The molecule has 26 heavy (non-hydrogen) atoms. The Morgan fingerprint density at radius 1 is 1.08 bits per heavy atom. The molecule has 0 N–H and O–H groups in total. The van der Waals surface area contributed by atoms with Crippen LogP contribution in [-0.2, 0) is 11.3 Å². The van der Waals surface area contributed by atoms with Crippen molar-refractivity contribution in [2.24, 2.45) is 0 Å². The van der Waals surface area contributed by atoms with E-state index in [0.29, 0.717) is 27.2 Å². The second-order valence-corrected chi connectivity index (χ2v) is 5.74. The summed E-state index contributed by atoms with van der Waals surface area (Å²) in [6, 6.07) is 12.1. The minimum Gasteiger partial charge on any atom is -0.454 e. The van der Waals surface area contributed by atoms with E-state index in [4.69, 9.17) is 20.9 Å². The molecule has 0 bridgehead atoms. The van der Waals surface area contributed by atoms with Gasteiger partial charge in [0.05, 0.1) is 27.2 Å². The van der Waals surface area contributed by atoms with Gasteiger partial charge in [-0.2, -0.15) is 4.98 Å². The van der Waals surface area contributed by atoms with Crippen LogP contribution in [0.15, 0.2) is 59.4 Å². The Kier molecular flexibility index (Phi) is 4.28. The molecule has 2 aromatic heterocycles. The predicted octanol–water partition coefficient (Wildman–Crippen LogP) is 3.69. The second-order valence-electron chi connectivity index (χ2n) is 5.33. The van der Waals surface area contributed by atoms with Gasteiger partial charge in [0.15, 0.2) is 6.61 Å². The zero-order valence-electron chi connectivity index (χ0n) is 13.3. The van der Waals surface area contributed by atoms with Crippen molar-refractivity contribution in [1.29, 1.82) is 0 Å². The number of benzene rings is 2. The van der Waals surface area contributed by atoms with Crippen molar-refractivity contribution in [2.75, 3.05) is 0 Å². The quantitative estimate of drug-likeness (QED) is 0.508.